The molecule has 0 saturated heterocycles. The number of nitrogens with two attached hydrogens (primary N) is 1. The maximum atomic E-state index is 14.2. The highest BCUT2D eigenvalue weighted by Crippen LogP contribution is 2.29. The van der Waals surface area contributed by atoms with E-state index >= 15 is 0 Å². The summed E-state index contributed by atoms with van der Waals surface area (Å²) < 4.78 is 59.7. The van der Waals surface area contributed by atoms with Gasteiger partial charge in [-0.15, -0.1) is 0 Å². The second-order valence-electron chi connectivity index (χ2n) is 6.78. The summed E-state index contributed by atoms with van der Waals surface area (Å²) in [6.45, 7) is -1.23. The number of alkyl halides is 3. The number of rotatable bonds is 5. The Morgan fingerprint density at radius 1 is 1.25 bits per heavy atom. The fraction of sp³-hybridized carbons (Fsp3) is 0.227. The number of anilines is 2. The van der Waals surface area contributed by atoms with Crippen molar-refractivity contribution in [3.8, 4) is 17.6 Å². The van der Waals surface area contributed by atoms with Gasteiger partial charge < -0.3 is 25.7 Å². The van der Waals surface area contributed by atoms with Gasteiger partial charge in [0.15, 0.2) is 0 Å². The third-order valence-electron chi connectivity index (χ3n) is 4.66. The van der Waals surface area contributed by atoms with Gasteiger partial charge >= 0.3 is 6.18 Å². The van der Waals surface area contributed by atoms with Crippen molar-refractivity contribution < 1.29 is 27.1 Å². The highest BCUT2D eigenvalue weighted by molar-refractivity contribution is 5.95. The van der Waals surface area contributed by atoms with Gasteiger partial charge in [0.25, 0.3) is 5.91 Å². The van der Waals surface area contributed by atoms with E-state index in [0.717, 1.165) is 10.6 Å². The molecule has 10 heteroatoms. The van der Waals surface area contributed by atoms with Crippen LogP contribution in [0, 0.1) is 17.7 Å². The van der Waals surface area contributed by atoms with Crippen molar-refractivity contribution in [2.75, 3.05) is 31.8 Å². The van der Waals surface area contributed by atoms with E-state index in [1.807, 2.05) is 0 Å². The first-order valence-electron chi connectivity index (χ1n) is 9.41. The molecule has 2 aromatic carbocycles. The van der Waals surface area contributed by atoms with Crippen LogP contribution in [-0.4, -0.2) is 37.4 Å². The molecule has 6 nitrogen and oxygen atoms in total. The molecule has 32 heavy (non-hydrogen) atoms. The minimum absolute atomic E-state index is 0.0157. The van der Waals surface area contributed by atoms with Crippen molar-refractivity contribution >= 4 is 28.2 Å². The first-order chi connectivity index (χ1) is 15.1. The molecule has 4 N–H and O–H groups in total. The number of hydrogen-bond acceptors (Lipinski definition) is 4. The fourth-order valence-electron chi connectivity index (χ4n) is 3.20. The molecule has 1 amide bonds. The van der Waals surface area contributed by atoms with E-state index in [2.05, 4.69) is 22.5 Å². The van der Waals surface area contributed by atoms with Crippen LogP contribution in [0.25, 0.3) is 10.9 Å². The van der Waals surface area contributed by atoms with E-state index in [9.17, 15) is 22.4 Å². The van der Waals surface area contributed by atoms with Crippen LogP contribution < -0.4 is 21.1 Å². The van der Waals surface area contributed by atoms with Gasteiger partial charge in [0, 0.05) is 24.2 Å². The minimum Gasteiger partial charge on any atom is -0.495 e. The Balaban J connectivity index is 1.87. The number of aromatic nitrogens is 1. The number of fused-ring (bicyclic) bond motifs is 1. The average Bonchev–Trinajstić information content (AvgIpc) is 3.08. The van der Waals surface area contributed by atoms with Crippen molar-refractivity contribution in [3.63, 3.8) is 0 Å². The molecule has 0 aliphatic heterocycles. The van der Waals surface area contributed by atoms with E-state index in [0.29, 0.717) is 16.6 Å². The summed E-state index contributed by atoms with van der Waals surface area (Å²) in [5.41, 5.74) is 6.77. The molecule has 0 aliphatic rings. The van der Waals surface area contributed by atoms with Crippen LogP contribution in [0.4, 0.5) is 28.9 Å². The maximum absolute atomic E-state index is 14.2. The summed E-state index contributed by atoms with van der Waals surface area (Å²) in [6.07, 6.45) is -4.44. The maximum Gasteiger partial charge on any atom is 0.406 e. The number of nitrogen functional groups attached to an aromatic ring is 1. The first kappa shape index (κ1) is 22.8. The van der Waals surface area contributed by atoms with Crippen LogP contribution in [0.1, 0.15) is 16.1 Å². The molecule has 1 heterocycles. The Bertz CT molecular complexity index is 1220. The standard InChI is InChI=1S/C22H20F4N4O2/c1-28-21(31)14-10-20(32-2)18(11-16(14)23)29-8-4-5-13-9-15-17(27)6-3-7-19(15)30(13)12-22(24,25)26/h3,6-7,9-11,29H,8,12,27H2,1-2H3,(H,28,31). The summed E-state index contributed by atoms with van der Waals surface area (Å²) in [5, 5.41) is 5.65. The van der Waals surface area contributed by atoms with Gasteiger partial charge in [0.2, 0.25) is 0 Å². The van der Waals surface area contributed by atoms with E-state index < -0.39 is 24.4 Å². The average molecular weight is 448 g/mol. The van der Waals surface area contributed by atoms with Crippen LogP contribution in [0.3, 0.4) is 0 Å². The Kier molecular flexibility index (Phi) is 6.48. The molecule has 0 aliphatic carbocycles. The molecular weight excluding hydrogens is 428 g/mol. The number of methoxy groups -OCH3 is 1. The molecule has 0 saturated carbocycles. The number of benzene rings is 2. The van der Waals surface area contributed by atoms with Crippen molar-refractivity contribution in [2.45, 2.75) is 12.7 Å². The Morgan fingerprint density at radius 3 is 2.66 bits per heavy atom. The van der Waals surface area contributed by atoms with Crippen molar-refractivity contribution in [2.24, 2.45) is 0 Å². The zero-order valence-corrected chi connectivity index (χ0v) is 17.2. The molecule has 0 fully saturated rings. The molecule has 3 rings (SSSR count). The molecule has 0 atom stereocenters. The third-order valence-corrected chi connectivity index (χ3v) is 4.66. The molecule has 168 valence electrons. The molecule has 0 bridgehead atoms. The third kappa shape index (κ3) is 4.88. The number of ether oxygens (including phenoxy) is 1. The predicted molar refractivity (Wildman–Crippen MR) is 114 cm³/mol. The smallest absolute Gasteiger partial charge is 0.406 e. The lowest BCUT2D eigenvalue weighted by Crippen LogP contribution is -2.19. The Morgan fingerprint density at radius 2 is 2.00 bits per heavy atom. The summed E-state index contributed by atoms with van der Waals surface area (Å²) in [7, 11) is 2.74. The monoisotopic (exact) mass is 448 g/mol. The van der Waals surface area contributed by atoms with E-state index in [-0.39, 0.29) is 29.2 Å². The second-order valence-corrected chi connectivity index (χ2v) is 6.78. The van der Waals surface area contributed by atoms with Gasteiger partial charge in [-0.3, -0.25) is 4.79 Å². The zero-order valence-electron chi connectivity index (χ0n) is 17.2. The largest absolute Gasteiger partial charge is 0.495 e. The van der Waals surface area contributed by atoms with Gasteiger partial charge in [0.05, 0.1) is 36.1 Å². The zero-order chi connectivity index (χ0) is 23.5. The number of nitrogens with zero attached hydrogens (tertiary/aromatic N) is 1. The second kappa shape index (κ2) is 9.09. The van der Waals surface area contributed by atoms with Gasteiger partial charge in [-0.25, -0.2) is 4.39 Å². The molecular formula is C22H20F4N4O2. The lowest BCUT2D eigenvalue weighted by molar-refractivity contribution is -0.140. The number of halogens is 4. The number of carbonyl (C=O) groups excluding carboxylic acids is 1. The van der Waals surface area contributed by atoms with Crippen LogP contribution >= 0.6 is 0 Å². The van der Waals surface area contributed by atoms with Crippen LogP contribution in [0.2, 0.25) is 0 Å². The minimum atomic E-state index is -4.44. The van der Waals surface area contributed by atoms with Crippen LogP contribution in [-0.2, 0) is 6.54 Å². The van der Waals surface area contributed by atoms with E-state index in [1.54, 1.807) is 18.2 Å². The molecule has 0 radical (unpaired) electrons. The van der Waals surface area contributed by atoms with E-state index in [4.69, 9.17) is 10.5 Å². The lowest BCUT2D eigenvalue weighted by Gasteiger charge is -2.12. The fourth-order valence-corrected chi connectivity index (χ4v) is 3.20. The van der Waals surface area contributed by atoms with Crippen LogP contribution in [0.15, 0.2) is 36.4 Å². The first-order valence-corrected chi connectivity index (χ1v) is 9.41. The molecule has 0 unspecified atom stereocenters. The predicted octanol–water partition coefficient (Wildman–Crippen LogP) is 3.76. The Labute approximate surface area is 181 Å². The van der Waals surface area contributed by atoms with Crippen molar-refractivity contribution in [1.82, 2.24) is 9.88 Å². The van der Waals surface area contributed by atoms with Gasteiger partial charge in [-0.2, -0.15) is 13.2 Å². The quantitative estimate of drug-likeness (QED) is 0.316. The SMILES string of the molecule is CNC(=O)c1cc(OC)c(NCC#Cc2cc3c(N)cccc3n2CC(F)(F)F)cc1F. The highest BCUT2D eigenvalue weighted by Gasteiger charge is 2.29. The normalized spacial score (nSPS) is 11.1. The summed E-state index contributed by atoms with van der Waals surface area (Å²) in [6, 6.07) is 8.56. The van der Waals surface area contributed by atoms with E-state index in [1.165, 1.54) is 26.3 Å². The summed E-state index contributed by atoms with van der Waals surface area (Å²) >= 11 is 0. The van der Waals surface area contributed by atoms with Gasteiger partial charge in [0.1, 0.15) is 18.1 Å². The topological polar surface area (TPSA) is 81.3 Å². The summed E-state index contributed by atoms with van der Waals surface area (Å²) in [4.78, 5) is 11.7. The number of amides is 1. The van der Waals surface area contributed by atoms with Crippen molar-refractivity contribution in [1.29, 1.82) is 0 Å². The highest BCUT2D eigenvalue weighted by atomic mass is 19.4. The Hall–Kier alpha value is -3.87. The lowest BCUT2D eigenvalue weighted by atomic mass is 10.1. The van der Waals surface area contributed by atoms with Crippen LogP contribution in [0.5, 0.6) is 5.75 Å². The molecule has 3 aromatic rings. The number of carbonyl (C=O) groups is 1. The molecule has 0 spiro atoms. The van der Waals surface area contributed by atoms with Gasteiger partial charge in [-0.1, -0.05) is 12.0 Å². The van der Waals surface area contributed by atoms with Gasteiger partial charge in [-0.05, 0) is 30.2 Å². The van der Waals surface area contributed by atoms with Crippen molar-refractivity contribution in [3.05, 3.63) is 53.5 Å². The number of hydrogen-bond donors (Lipinski definition) is 3. The summed E-state index contributed by atoms with van der Waals surface area (Å²) in [5.74, 6) is 4.28. The number of nitrogens with one attached hydrogen (secondary N) is 2. The molecule has 1 aromatic heterocycles.